The van der Waals surface area contributed by atoms with Crippen molar-refractivity contribution in [3.63, 3.8) is 0 Å². The summed E-state index contributed by atoms with van der Waals surface area (Å²) < 4.78 is 29.4. The summed E-state index contributed by atoms with van der Waals surface area (Å²) in [6, 6.07) is 0.744. The number of ether oxygens (including phenoxy) is 1. The summed E-state index contributed by atoms with van der Waals surface area (Å²) in [7, 11) is 1.11. The highest BCUT2D eigenvalue weighted by Crippen LogP contribution is 2.30. The van der Waals surface area contributed by atoms with Gasteiger partial charge in [0.15, 0.2) is 5.69 Å². The van der Waals surface area contributed by atoms with Crippen LogP contribution >= 0.6 is 0 Å². The number of anilines is 1. The fraction of sp³-hybridized carbons (Fsp3) is 0.333. The average molecular weight is 261 g/mol. The highest BCUT2D eigenvalue weighted by Gasteiger charge is 2.27. The molecule has 1 heterocycles. The van der Waals surface area contributed by atoms with Gasteiger partial charge in [0.05, 0.1) is 12.8 Å². The molecule has 0 fully saturated rings. The third-order valence-corrected chi connectivity index (χ3v) is 2.09. The smallest absolute Gasteiger partial charge is 0.372 e. The number of carbonyl (C=O) groups excluding carboxylic acids is 1. The average Bonchev–Trinajstić information content (AvgIpc) is 2.30. The van der Waals surface area contributed by atoms with E-state index >= 15 is 0 Å². The fourth-order valence-corrected chi connectivity index (χ4v) is 1.23. The first-order chi connectivity index (χ1) is 8.36. The number of nitro groups is 1. The molecule has 0 amide bonds. The van der Waals surface area contributed by atoms with Gasteiger partial charge in [-0.1, -0.05) is 0 Å². The van der Waals surface area contributed by atoms with Gasteiger partial charge in [-0.3, -0.25) is 4.79 Å². The third-order valence-electron chi connectivity index (χ3n) is 2.09. The SMILES string of the molecule is COC(=O)Cc1nc([N+](=O)[O-])c(C(F)F)cc1N. The van der Waals surface area contributed by atoms with Crippen molar-refractivity contribution in [3.8, 4) is 0 Å². The van der Waals surface area contributed by atoms with Crippen molar-refractivity contribution >= 4 is 17.5 Å². The van der Waals surface area contributed by atoms with Crippen molar-refractivity contribution in [2.24, 2.45) is 0 Å². The molecule has 0 aromatic carbocycles. The van der Waals surface area contributed by atoms with Crippen LogP contribution in [0.15, 0.2) is 6.07 Å². The summed E-state index contributed by atoms with van der Waals surface area (Å²) in [5.41, 5.74) is 4.13. The Bertz CT molecular complexity index is 493. The standard InChI is InChI=1S/C9H9F2N3O4/c1-18-7(15)3-6-5(12)2-4(8(10)11)9(13-6)14(16)17/h2,8H,3,12H2,1H3. The van der Waals surface area contributed by atoms with Gasteiger partial charge in [-0.05, 0) is 16.0 Å². The fourth-order valence-electron chi connectivity index (χ4n) is 1.23. The lowest BCUT2D eigenvalue weighted by molar-refractivity contribution is -0.391. The first-order valence-electron chi connectivity index (χ1n) is 4.65. The van der Waals surface area contributed by atoms with Crippen LogP contribution in [-0.2, 0) is 16.0 Å². The van der Waals surface area contributed by atoms with E-state index in [2.05, 4.69) is 9.72 Å². The lowest BCUT2D eigenvalue weighted by Crippen LogP contribution is -2.11. The molecule has 0 spiro atoms. The second-order valence-electron chi connectivity index (χ2n) is 3.25. The van der Waals surface area contributed by atoms with Crippen molar-refractivity contribution in [2.75, 3.05) is 12.8 Å². The highest BCUT2D eigenvalue weighted by atomic mass is 19.3. The summed E-state index contributed by atoms with van der Waals surface area (Å²) in [5.74, 6) is -1.74. The van der Waals surface area contributed by atoms with Crippen LogP contribution < -0.4 is 5.73 Å². The van der Waals surface area contributed by atoms with Crippen LogP contribution in [0.3, 0.4) is 0 Å². The van der Waals surface area contributed by atoms with E-state index in [9.17, 15) is 23.7 Å². The molecular formula is C9H9F2N3O4. The van der Waals surface area contributed by atoms with Crippen LogP contribution in [0.4, 0.5) is 20.3 Å². The van der Waals surface area contributed by atoms with E-state index in [1.807, 2.05) is 0 Å². The Kier molecular flexibility index (Phi) is 4.08. The molecule has 1 aromatic heterocycles. The van der Waals surface area contributed by atoms with Gasteiger partial charge in [0, 0.05) is 0 Å². The molecule has 0 aliphatic carbocycles. The summed E-state index contributed by atoms with van der Waals surface area (Å²) in [5, 5.41) is 10.6. The zero-order valence-electron chi connectivity index (χ0n) is 9.22. The molecule has 0 aliphatic heterocycles. The summed E-state index contributed by atoms with van der Waals surface area (Å²) in [4.78, 5) is 23.9. The number of pyridine rings is 1. The number of methoxy groups -OCH3 is 1. The van der Waals surface area contributed by atoms with Gasteiger partial charge in [0.25, 0.3) is 6.43 Å². The van der Waals surface area contributed by atoms with Crippen molar-refractivity contribution in [1.29, 1.82) is 0 Å². The normalized spacial score (nSPS) is 10.4. The first-order valence-corrected chi connectivity index (χ1v) is 4.65. The summed E-state index contributed by atoms with van der Waals surface area (Å²) >= 11 is 0. The largest absolute Gasteiger partial charge is 0.469 e. The minimum atomic E-state index is -3.08. The second kappa shape index (κ2) is 5.34. The molecule has 9 heteroatoms. The number of hydrogen-bond acceptors (Lipinski definition) is 6. The van der Waals surface area contributed by atoms with Gasteiger partial charge < -0.3 is 20.6 Å². The lowest BCUT2D eigenvalue weighted by Gasteiger charge is -2.05. The molecule has 0 atom stereocenters. The summed E-state index contributed by atoms with van der Waals surface area (Å²) in [6.45, 7) is 0. The van der Waals surface area contributed by atoms with Crippen molar-refractivity contribution < 1.29 is 23.2 Å². The third kappa shape index (κ3) is 2.87. The minimum Gasteiger partial charge on any atom is -0.469 e. The maximum atomic E-state index is 12.5. The number of hydrogen-bond donors (Lipinski definition) is 1. The Balaban J connectivity index is 3.27. The number of nitrogens with two attached hydrogens (primary N) is 1. The number of nitrogens with zero attached hydrogens (tertiary/aromatic N) is 2. The van der Waals surface area contributed by atoms with Gasteiger partial charge >= 0.3 is 11.8 Å². The van der Waals surface area contributed by atoms with E-state index in [0.717, 1.165) is 13.2 Å². The molecule has 0 unspecified atom stereocenters. The van der Waals surface area contributed by atoms with Crippen LogP contribution in [0.2, 0.25) is 0 Å². The second-order valence-corrected chi connectivity index (χ2v) is 3.25. The summed E-state index contributed by atoms with van der Waals surface area (Å²) in [6.07, 6.45) is -3.50. The van der Waals surface area contributed by atoms with Crippen LogP contribution in [0, 0.1) is 10.1 Å². The number of nitrogen functional groups attached to an aromatic ring is 1. The maximum absolute atomic E-state index is 12.5. The molecule has 7 nitrogen and oxygen atoms in total. The molecule has 0 aliphatic rings. The number of halogens is 2. The molecule has 0 saturated carbocycles. The molecular weight excluding hydrogens is 252 g/mol. The Morgan fingerprint density at radius 2 is 2.28 bits per heavy atom. The molecule has 18 heavy (non-hydrogen) atoms. The minimum absolute atomic E-state index is 0.169. The number of aromatic nitrogens is 1. The number of rotatable bonds is 4. The Labute approximate surface area is 99.7 Å². The molecule has 1 aromatic rings. The Morgan fingerprint density at radius 3 is 2.72 bits per heavy atom. The predicted octanol–water partition coefficient (Wildman–Crippen LogP) is 1.23. The molecule has 98 valence electrons. The van der Waals surface area contributed by atoms with Crippen molar-refractivity contribution in [3.05, 3.63) is 27.4 Å². The van der Waals surface area contributed by atoms with Gasteiger partial charge in [0.2, 0.25) is 0 Å². The molecule has 0 bridgehead atoms. The van der Waals surface area contributed by atoms with Crippen LogP contribution in [0.25, 0.3) is 0 Å². The van der Waals surface area contributed by atoms with Crippen molar-refractivity contribution in [2.45, 2.75) is 12.8 Å². The highest BCUT2D eigenvalue weighted by molar-refractivity contribution is 5.74. The van der Waals surface area contributed by atoms with Gasteiger partial charge in [-0.25, -0.2) is 8.78 Å². The van der Waals surface area contributed by atoms with Gasteiger partial charge in [-0.15, -0.1) is 0 Å². The van der Waals surface area contributed by atoms with E-state index < -0.39 is 35.1 Å². The van der Waals surface area contributed by atoms with Gasteiger partial charge in [0.1, 0.15) is 12.0 Å². The molecule has 0 radical (unpaired) electrons. The van der Waals surface area contributed by atoms with E-state index in [-0.39, 0.29) is 11.4 Å². The van der Waals surface area contributed by atoms with Gasteiger partial charge in [-0.2, -0.15) is 0 Å². The predicted molar refractivity (Wildman–Crippen MR) is 56.0 cm³/mol. The van der Waals surface area contributed by atoms with Crippen LogP contribution in [-0.4, -0.2) is 23.0 Å². The molecule has 2 N–H and O–H groups in total. The first kappa shape index (κ1) is 13.7. The zero-order chi connectivity index (χ0) is 13.9. The van der Waals surface area contributed by atoms with E-state index in [0.29, 0.717) is 0 Å². The zero-order valence-corrected chi connectivity index (χ0v) is 9.22. The number of carbonyl (C=O) groups is 1. The van der Waals surface area contributed by atoms with E-state index in [4.69, 9.17) is 5.73 Å². The van der Waals surface area contributed by atoms with Crippen LogP contribution in [0.1, 0.15) is 17.7 Å². The maximum Gasteiger partial charge on any atom is 0.372 e. The van der Waals surface area contributed by atoms with E-state index in [1.165, 1.54) is 0 Å². The number of esters is 1. The lowest BCUT2D eigenvalue weighted by atomic mass is 10.1. The van der Waals surface area contributed by atoms with Crippen molar-refractivity contribution in [1.82, 2.24) is 4.98 Å². The number of alkyl halides is 2. The molecule has 1 rings (SSSR count). The topological polar surface area (TPSA) is 108 Å². The van der Waals surface area contributed by atoms with E-state index in [1.54, 1.807) is 0 Å². The monoisotopic (exact) mass is 261 g/mol. The van der Waals surface area contributed by atoms with Crippen LogP contribution in [0.5, 0.6) is 0 Å². The Hall–Kier alpha value is -2.32. The molecule has 0 saturated heterocycles. The Morgan fingerprint density at radius 1 is 1.67 bits per heavy atom. The quantitative estimate of drug-likeness (QED) is 0.496.